The number of hydrogen-bond acceptors (Lipinski definition) is 5. The molecule has 0 spiro atoms. The lowest BCUT2D eigenvalue weighted by atomic mass is 10.0. The number of aliphatic hydroxyl groups is 2. The molecular formula is C88H171NO5. The van der Waals surface area contributed by atoms with E-state index in [4.69, 9.17) is 4.74 Å². The van der Waals surface area contributed by atoms with E-state index in [0.717, 1.165) is 38.5 Å². The zero-order chi connectivity index (χ0) is 67.7. The van der Waals surface area contributed by atoms with E-state index in [0.29, 0.717) is 19.4 Å². The Morgan fingerprint density at radius 2 is 0.500 bits per heavy atom. The van der Waals surface area contributed by atoms with Crippen molar-refractivity contribution in [3.05, 3.63) is 24.3 Å². The van der Waals surface area contributed by atoms with E-state index in [1.807, 2.05) is 6.08 Å². The van der Waals surface area contributed by atoms with Gasteiger partial charge in [0.2, 0.25) is 5.91 Å². The maximum absolute atomic E-state index is 12.6. The van der Waals surface area contributed by atoms with Gasteiger partial charge in [-0.05, 0) is 57.8 Å². The topological polar surface area (TPSA) is 95.9 Å². The Bertz CT molecular complexity index is 1480. The van der Waals surface area contributed by atoms with Crippen molar-refractivity contribution in [3.8, 4) is 0 Å². The van der Waals surface area contributed by atoms with Gasteiger partial charge in [-0.3, -0.25) is 9.59 Å². The molecule has 0 aliphatic carbocycles. The van der Waals surface area contributed by atoms with Gasteiger partial charge in [0.15, 0.2) is 0 Å². The van der Waals surface area contributed by atoms with Crippen molar-refractivity contribution >= 4 is 11.9 Å². The Balaban J connectivity index is 3.35. The van der Waals surface area contributed by atoms with Crippen LogP contribution < -0.4 is 5.32 Å². The van der Waals surface area contributed by atoms with Gasteiger partial charge in [0.25, 0.3) is 0 Å². The van der Waals surface area contributed by atoms with E-state index in [-0.39, 0.29) is 18.5 Å². The first-order chi connectivity index (χ1) is 46.5. The Hall–Kier alpha value is -1.66. The van der Waals surface area contributed by atoms with Crippen molar-refractivity contribution < 1.29 is 24.5 Å². The molecule has 0 rings (SSSR count). The third kappa shape index (κ3) is 79.3. The van der Waals surface area contributed by atoms with Crippen molar-refractivity contribution in [3.63, 3.8) is 0 Å². The predicted octanol–water partition coefficient (Wildman–Crippen LogP) is 29.2. The first-order valence-corrected chi connectivity index (χ1v) is 43.6. The first kappa shape index (κ1) is 92.3. The molecule has 94 heavy (non-hydrogen) atoms. The summed E-state index contributed by atoms with van der Waals surface area (Å²) in [6.07, 6.45) is 109. The fraction of sp³-hybridized carbons (Fsp3) is 0.932. The second-order valence-corrected chi connectivity index (χ2v) is 30.2. The normalized spacial score (nSPS) is 12.5. The number of amides is 1. The molecular weight excluding hydrogens is 1150 g/mol. The lowest BCUT2D eigenvalue weighted by molar-refractivity contribution is -0.143. The van der Waals surface area contributed by atoms with Crippen LogP contribution in [0.25, 0.3) is 0 Å². The SMILES string of the molecule is CCCCCCCCCCCCCCCCCCCCCCCCC/C=C/C(O)C(CO)NC(=O)CCCCCCCCCCCCCCCCCCC/C=C\CCCCCCCCCCCCCCCCCCCCOC(=O)CCCCCCCCCCCCCCC. The smallest absolute Gasteiger partial charge is 0.305 e. The molecule has 0 aromatic heterocycles. The van der Waals surface area contributed by atoms with E-state index in [1.54, 1.807) is 6.08 Å². The van der Waals surface area contributed by atoms with Crippen LogP contribution in [0.1, 0.15) is 502 Å². The molecule has 3 N–H and O–H groups in total. The number of carbonyl (C=O) groups excluding carboxylic acids is 2. The molecule has 2 unspecified atom stereocenters. The summed E-state index contributed by atoms with van der Waals surface area (Å²) >= 11 is 0. The number of nitrogens with one attached hydrogen (secondary N) is 1. The lowest BCUT2D eigenvalue weighted by Gasteiger charge is -2.20. The highest BCUT2D eigenvalue weighted by molar-refractivity contribution is 5.76. The highest BCUT2D eigenvalue weighted by Crippen LogP contribution is 2.21. The second-order valence-electron chi connectivity index (χ2n) is 30.2. The zero-order valence-electron chi connectivity index (χ0n) is 64.2. The van der Waals surface area contributed by atoms with Gasteiger partial charge < -0.3 is 20.3 Å². The van der Waals surface area contributed by atoms with E-state index >= 15 is 0 Å². The minimum Gasteiger partial charge on any atom is -0.466 e. The molecule has 0 aromatic rings. The monoisotopic (exact) mass is 1320 g/mol. The van der Waals surface area contributed by atoms with Crippen LogP contribution in [-0.2, 0) is 14.3 Å². The minimum absolute atomic E-state index is 0.0249. The summed E-state index contributed by atoms with van der Waals surface area (Å²) in [5, 5.41) is 23.3. The summed E-state index contributed by atoms with van der Waals surface area (Å²) in [6, 6.07) is -0.626. The molecule has 0 aliphatic rings. The third-order valence-electron chi connectivity index (χ3n) is 20.7. The van der Waals surface area contributed by atoms with Crippen molar-refractivity contribution in [2.75, 3.05) is 13.2 Å². The van der Waals surface area contributed by atoms with Crippen LogP contribution in [0.3, 0.4) is 0 Å². The molecule has 558 valence electrons. The van der Waals surface area contributed by atoms with E-state index in [9.17, 15) is 19.8 Å². The van der Waals surface area contributed by atoms with Gasteiger partial charge in [0, 0.05) is 12.8 Å². The van der Waals surface area contributed by atoms with Crippen LogP contribution in [0.5, 0.6) is 0 Å². The highest BCUT2D eigenvalue weighted by Gasteiger charge is 2.18. The molecule has 6 nitrogen and oxygen atoms in total. The summed E-state index contributed by atoms with van der Waals surface area (Å²) in [4.78, 5) is 24.6. The standard InChI is InChI=1S/C88H171NO5/c1-3-5-7-9-11-13-15-17-18-19-20-21-22-38-41-44-47-50-53-57-60-64-68-72-76-80-86(91)85(84-90)89-87(92)81-77-73-69-65-61-58-54-51-48-45-42-39-36-34-32-30-28-26-24-23-25-27-29-31-33-35-37-40-43-46-49-52-55-59-63-67-71-75-79-83-94-88(93)82-78-74-70-66-62-56-16-14-12-10-8-6-4-2/h23-24,76,80,85-86,90-91H,3-22,25-75,77-79,81-84H2,1-2H3,(H,89,92)/b24-23-,80-76+. The molecule has 0 saturated heterocycles. The molecule has 0 fully saturated rings. The fourth-order valence-electron chi connectivity index (χ4n) is 14.1. The van der Waals surface area contributed by atoms with Gasteiger partial charge in [-0.15, -0.1) is 0 Å². The molecule has 1 amide bonds. The summed E-state index contributed by atoms with van der Waals surface area (Å²) in [6.45, 7) is 4.97. The number of unbranched alkanes of at least 4 members (excludes halogenated alkanes) is 70. The molecule has 0 heterocycles. The predicted molar refractivity (Wildman–Crippen MR) is 417 cm³/mol. The number of carbonyl (C=O) groups is 2. The molecule has 0 saturated carbocycles. The molecule has 2 atom stereocenters. The quantitative estimate of drug-likeness (QED) is 0.0320. The maximum atomic E-state index is 12.6. The van der Waals surface area contributed by atoms with Crippen LogP contribution in [-0.4, -0.2) is 47.4 Å². The lowest BCUT2D eigenvalue weighted by Crippen LogP contribution is -2.45. The second kappa shape index (κ2) is 83.8. The van der Waals surface area contributed by atoms with Crippen molar-refractivity contribution in [1.82, 2.24) is 5.32 Å². The average Bonchev–Trinajstić information content (AvgIpc) is 3.79. The Morgan fingerprint density at radius 1 is 0.287 bits per heavy atom. The first-order valence-electron chi connectivity index (χ1n) is 43.6. The summed E-state index contributed by atoms with van der Waals surface area (Å²) < 4.78 is 5.50. The van der Waals surface area contributed by atoms with Gasteiger partial charge in [-0.25, -0.2) is 0 Å². The number of ether oxygens (including phenoxy) is 1. The van der Waals surface area contributed by atoms with Crippen molar-refractivity contribution in [2.45, 2.75) is 514 Å². The minimum atomic E-state index is -0.843. The van der Waals surface area contributed by atoms with Crippen molar-refractivity contribution in [2.24, 2.45) is 0 Å². The molecule has 0 bridgehead atoms. The number of hydrogen-bond donors (Lipinski definition) is 3. The average molecular weight is 1320 g/mol. The Morgan fingerprint density at radius 3 is 0.755 bits per heavy atom. The Kier molecular flexibility index (Phi) is 82.3. The number of esters is 1. The van der Waals surface area contributed by atoms with Crippen LogP contribution in [0.2, 0.25) is 0 Å². The van der Waals surface area contributed by atoms with Gasteiger partial charge in [-0.2, -0.15) is 0 Å². The third-order valence-corrected chi connectivity index (χ3v) is 20.7. The van der Waals surface area contributed by atoms with E-state index in [2.05, 4.69) is 31.3 Å². The number of aliphatic hydroxyl groups excluding tert-OH is 2. The highest BCUT2D eigenvalue weighted by atomic mass is 16.5. The van der Waals surface area contributed by atoms with Crippen LogP contribution in [0, 0.1) is 0 Å². The molecule has 0 radical (unpaired) electrons. The van der Waals surface area contributed by atoms with Crippen molar-refractivity contribution in [1.29, 1.82) is 0 Å². The number of allylic oxidation sites excluding steroid dienone is 3. The van der Waals surface area contributed by atoms with E-state index < -0.39 is 12.1 Å². The van der Waals surface area contributed by atoms with Crippen LogP contribution >= 0.6 is 0 Å². The summed E-state index contributed by atoms with van der Waals surface area (Å²) in [7, 11) is 0. The van der Waals surface area contributed by atoms with Gasteiger partial charge >= 0.3 is 5.97 Å². The molecule has 6 heteroatoms. The fourth-order valence-corrected chi connectivity index (χ4v) is 14.1. The van der Waals surface area contributed by atoms with Gasteiger partial charge in [-0.1, -0.05) is 456 Å². The molecule has 0 aromatic carbocycles. The zero-order valence-corrected chi connectivity index (χ0v) is 64.2. The van der Waals surface area contributed by atoms with Gasteiger partial charge in [0.1, 0.15) is 0 Å². The van der Waals surface area contributed by atoms with Gasteiger partial charge in [0.05, 0.1) is 25.4 Å². The summed E-state index contributed by atoms with van der Waals surface area (Å²) in [5.41, 5.74) is 0. The molecule has 0 aliphatic heterocycles. The Labute approximate surface area is 590 Å². The largest absolute Gasteiger partial charge is 0.466 e. The van der Waals surface area contributed by atoms with Crippen LogP contribution in [0.4, 0.5) is 0 Å². The maximum Gasteiger partial charge on any atom is 0.305 e. The van der Waals surface area contributed by atoms with Crippen LogP contribution in [0.15, 0.2) is 24.3 Å². The van der Waals surface area contributed by atoms with E-state index in [1.165, 1.54) is 437 Å². The number of rotatable bonds is 83. The summed E-state index contributed by atoms with van der Waals surface area (Å²) in [5.74, 6) is -0.0327.